The number of halogens is 2. The average Bonchev–Trinajstić information content (AvgIpc) is 2.83. The number of aliphatic hydroxyl groups excluding tert-OH is 1. The molecule has 0 unspecified atom stereocenters. The van der Waals surface area contributed by atoms with E-state index < -0.39 is 38.7 Å². The van der Waals surface area contributed by atoms with Crippen LogP contribution in [-0.2, 0) is 23.2 Å². The lowest BCUT2D eigenvalue weighted by Gasteiger charge is -2.09. The first-order chi connectivity index (χ1) is 9.85. The highest BCUT2D eigenvalue weighted by atomic mass is 32.2. The third kappa shape index (κ3) is 3.29. The first-order valence-corrected chi connectivity index (χ1v) is 7.46. The summed E-state index contributed by atoms with van der Waals surface area (Å²) in [6, 6.07) is 4.84. The maximum Gasteiger partial charge on any atom is 0.243 e. The molecular weight excluding hydrogens is 304 g/mol. The van der Waals surface area contributed by atoms with Crippen LogP contribution in [0, 0.1) is 18.6 Å². The lowest BCUT2D eigenvalue weighted by Crippen LogP contribution is -2.24. The molecule has 0 spiro atoms. The van der Waals surface area contributed by atoms with Gasteiger partial charge in [-0.1, -0.05) is 0 Å². The third-order valence-electron chi connectivity index (χ3n) is 2.83. The van der Waals surface area contributed by atoms with Crippen molar-refractivity contribution >= 4 is 10.0 Å². The molecule has 0 aliphatic rings. The number of aryl methyl sites for hydroxylation is 1. The van der Waals surface area contributed by atoms with Crippen LogP contribution < -0.4 is 4.72 Å². The molecule has 2 N–H and O–H groups in total. The Labute approximate surface area is 120 Å². The van der Waals surface area contributed by atoms with E-state index in [1.165, 1.54) is 0 Å². The summed E-state index contributed by atoms with van der Waals surface area (Å²) >= 11 is 0. The topological polar surface area (TPSA) is 79.5 Å². The predicted octanol–water partition coefficient (Wildman–Crippen LogP) is 1.84. The first kappa shape index (κ1) is 15.6. The quantitative estimate of drug-likeness (QED) is 0.882. The molecule has 1 aromatic carbocycles. The second-order valence-corrected chi connectivity index (χ2v) is 6.07. The molecule has 0 fully saturated rings. The van der Waals surface area contributed by atoms with Crippen molar-refractivity contribution in [3.8, 4) is 0 Å². The monoisotopic (exact) mass is 317 g/mol. The molecule has 0 radical (unpaired) electrons. The smallest absolute Gasteiger partial charge is 0.243 e. The summed E-state index contributed by atoms with van der Waals surface area (Å²) in [7, 11) is -4.19. The Kier molecular flexibility index (Phi) is 4.40. The SMILES string of the molecule is Cc1ccc(CNS(=O)(=O)c2ccc(F)c(CO)c2F)o1. The zero-order chi connectivity index (χ0) is 15.6. The molecule has 0 atom stereocenters. The fourth-order valence-electron chi connectivity index (χ4n) is 1.75. The zero-order valence-electron chi connectivity index (χ0n) is 11.1. The second-order valence-electron chi connectivity index (χ2n) is 4.33. The fourth-order valence-corrected chi connectivity index (χ4v) is 2.85. The highest BCUT2D eigenvalue weighted by Crippen LogP contribution is 2.21. The average molecular weight is 317 g/mol. The van der Waals surface area contributed by atoms with E-state index in [9.17, 15) is 17.2 Å². The van der Waals surface area contributed by atoms with Gasteiger partial charge in [0.2, 0.25) is 10.0 Å². The van der Waals surface area contributed by atoms with Gasteiger partial charge in [0.1, 0.15) is 22.2 Å². The summed E-state index contributed by atoms with van der Waals surface area (Å²) in [5, 5.41) is 8.89. The molecule has 1 aromatic heterocycles. The highest BCUT2D eigenvalue weighted by Gasteiger charge is 2.23. The predicted molar refractivity (Wildman–Crippen MR) is 69.8 cm³/mol. The lowest BCUT2D eigenvalue weighted by atomic mass is 10.2. The fraction of sp³-hybridized carbons (Fsp3) is 0.231. The number of benzene rings is 1. The van der Waals surface area contributed by atoms with Gasteiger partial charge in [-0.3, -0.25) is 0 Å². The highest BCUT2D eigenvalue weighted by molar-refractivity contribution is 7.89. The van der Waals surface area contributed by atoms with Crippen molar-refractivity contribution in [2.45, 2.75) is 25.0 Å². The van der Waals surface area contributed by atoms with Gasteiger partial charge in [-0.25, -0.2) is 21.9 Å². The van der Waals surface area contributed by atoms with Gasteiger partial charge in [0.25, 0.3) is 0 Å². The third-order valence-corrected chi connectivity index (χ3v) is 4.25. The van der Waals surface area contributed by atoms with Gasteiger partial charge < -0.3 is 9.52 Å². The molecule has 0 bridgehead atoms. The van der Waals surface area contributed by atoms with Gasteiger partial charge in [-0.15, -0.1) is 0 Å². The Bertz CT molecular complexity index is 756. The van der Waals surface area contributed by atoms with Crippen LogP contribution in [-0.4, -0.2) is 13.5 Å². The van der Waals surface area contributed by atoms with Crippen LogP contribution in [0.5, 0.6) is 0 Å². The Balaban J connectivity index is 2.27. The minimum atomic E-state index is -4.19. The minimum Gasteiger partial charge on any atom is -0.465 e. The van der Waals surface area contributed by atoms with Gasteiger partial charge in [-0.05, 0) is 31.2 Å². The molecule has 8 heteroatoms. The number of aliphatic hydroxyl groups is 1. The molecule has 0 saturated carbocycles. The van der Waals surface area contributed by atoms with Gasteiger partial charge >= 0.3 is 0 Å². The van der Waals surface area contributed by atoms with Crippen LogP contribution >= 0.6 is 0 Å². The summed E-state index contributed by atoms with van der Waals surface area (Å²) in [4.78, 5) is -0.726. The Morgan fingerprint density at radius 1 is 1.24 bits per heavy atom. The maximum absolute atomic E-state index is 13.9. The van der Waals surface area contributed by atoms with Crippen LogP contribution in [0.4, 0.5) is 8.78 Å². The van der Waals surface area contributed by atoms with E-state index in [1.54, 1.807) is 19.1 Å². The summed E-state index contributed by atoms with van der Waals surface area (Å²) in [6.07, 6.45) is 0. The van der Waals surface area contributed by atoms with E-state index >= 15 is 0 Å². The van der Waals surface area contributed by atoms with Gasteiger partial charge in [-0.2, -0.15) is 0 Å². The largest absolute Gasteiger partial charge is 0.465 e. The molecule has 0 saturated heterocycles. The zero-order valence-corrected chi connectivity index (χ0v) is 11.9. The van der Waals surface area contributed by atoms with Crippen molar-refractivity contribution in [2.24, 2.45) is 0 Å². The number of nitrogens with one attached hydrogen (secondary N) is 1. The van der Waals surface area contributed by atoms with E-state index in [4.69, 9.17) is 9.52 Å². The number of sulfonamides is 1. The Morgan fingerprint density at radius 2 is 1.95 bits per heavy atom. The van der Waals surface area contributed by atoms with E-state index in [1.807, 2.05) is 0 Å². The standard InChI is InChI=1S/C13H13F2NO4S/c1-8-2-3-9(20-8)6-16-21(18,19)12-5-4-11(14)10(7-17)13(12)15/h2-5,16-17H,6-7H2,1H3. The lowest BCUT2D eigenvalue weighted by molar-refractivity contribution is 0.267. The first-order valence-electron chi connectivity index (χ1n) is 5.98. The summed E-state index contributed by atoms with van der Waals surface area (Å²) in [6.45, 7) is 0.602. The van der Waals surface area contributed by atoms with Crippen molar-refractivity contribution in [3.05, 3.63) is 53.0 Å². The minimum absolute atomic E-state index is 0.165. The van der Waals surface area contributed by atoms with E-state index in [-0.39, 0.29) is 6.54 Å². The van der Waals surface area contributed by atoms with Crippen molar-refractivity contribution in [3.63, 3.8) is 0 Å². The molecule has 0 aliphatic heterocycles. The van der Waals surface area contributed by atoms with E-state index in [0.29, 0.717) is 11.5 Å². The van der Waals surface area contributed by atoms with Crippen LogP contribution in [0.15, 0.2) is 33.6 Å². The molecular formula is C13H13F2NO4S. The van der Waals surface area contributed by atoms with Gasteiger partial charge in [0, 0.05) is 0 Å². The Morgan fingerprint density at radius 3 is 2.52 bits per heavy atom. The summed E-state index contributed by atoms with van der Waals surface area (Å²) < 4.78 is 58.5. The van der Waals surface area contributed by atoms with E-state index in [0.717, 1.165) is 12.1 Å². The molecule has 0 aliphatic carbocycles. The Hall–Kier alpha value is -1.77. The molecule has 114 valence electrons. The van der Waals surface area contributed by atoms with Crippen LogP contribution in [0.3, 0.4) is 0 Å². The molecule has 2 aromatic rings. The number of hydrogen-bond donors (Lipinski definition) is 2. The molecule has 2 rings (SSSR count). The molecule has 5 nitrogen and oxygen atoms in total. The van der Waals surface area contributed by atoms with Gasteiger partial charge in [0.05, 0.1) is 18.7 Å². The van der Waals surface area contributed by atoms with Crippen molar-refractivity contribution in [2.75, 3.05) is 0 Å². The normalized spacial score (nSPS) is 11.8. The van der Waals surface area contributed by atoms with Crippen molar-refractivity contribution < 1.29 is 26.7 Å². The van der Waals surface area contributed by atoms with Gasteiger partial charge in [0.15, 0.2) is 5.82 Å². The maximum atomic E-state index is 13.9. The van der Waals surface area contributed by atoms with Crippen molar-refractivity contribution in [1.29, 1.82) is 0 Å². The summed E-state index contributed by atoms with van der Waals surface area (Å²) in [5.74, 6) is -1.34. The van der Waals surface area contributed by atoms with E-state index in [2.05, 4.69) is 4.72 Å². The van der Waals surface area contributed by atoms with Crippen molar-refractivity contribution in [1.82, 2.24) is 4.72 Å². The second kappa shape index (κ2) is 5.92. The number of rotatable bonds is 5. The van der Waals surface area contributed by atoms with Crippen LogP contribution in [0.25, 0.3) is 0 Å². The molecule has 1 heterocycles. The molecule has 21 heavy (non-hydrogen) atoms. The summed E-state index contributed by atoms with van der Waals surface area (Å²) in [5.41, 5.74) is -0.688. The van der Waals surface area contributed by atoms with Crippen LogP contribution in [0.1, 0.15) is 17.1 Å². The number of furan rings is 1. The van der Waals surface area contributed by atoms with Crippen LogP contribution in [0.2, 0.25) is 0 Å². The number of hydrogen-bond acceptors (Lipinski definition) is 4. The molecule has 0 amide bonds.